The molecule has 1 saturated heterocycles. The Morgan fingerprint density at radius 1 is 1.17 bits per heavy atom. The van der Waals surface area contributed by atoms with Gasteiger partial charge in [0.1, 0.15) is 5.82 Å². The van der Waals surface area contributed by atoms with E-state index in [1.54, 1.807) is 0 Å². The number of carbonyl (C=O) groups excluding carboxylic acids is 2. The molecule has 1 saturated carbocycles. The summed E-state index contributed by atoms with van der Waals surface area (Å²) >= 11 is 0. The van der Waals surface area contributed by atoms with Gasteiger partial charge in [0, 0.05) is 56.5 Å². The van der Waals surface area contributed by atoms with E-state index in [1.807, 2.05) is 42.3 Å². The van der Waals surface area contributed by atoms with E-state index in [0.717, 1.165) is 49.8 Å². The van der Waals surface area contributed by atoms with E-state index in [1.165, 1.54) is 12.8 Å². The summed E-state index contributed by atoms with van der Waals surface area (Å²) in [6.07, 6.45) is 9.02. The van der Waals surface area contributed by atoms with Crippen LogP contribution in [0.1, 0.15) is 59.8 Å². The lowest BCUT2D eigenvalue weighted by Gasteiger charge is -2.33. The van der Waals surface area contributed by atoms with E-state index in [4.69, 9.17) is 0 Å². The summed E-state index contributed by atoms with van der Waals surface area (Å²) in [5, 5.41) is 2.86. The first-order chi connectivity index (χ1) is 14.1. The molecule has 29 heavy (non-hydrogen) atoms. The van der Waals surface area contributed by atoms with Gasteiger partial charge in [-0.25, -0.2) is 4.98 Å². The van der Waals surface area contributed by atoms with Crippen LogP contribution in [-0.4, -0.2) is 45.9 Å². The molecule has 0 bridgehead atoms. The van der Waals surface area contributed by atoms with Gasteiger partial charge < -0.3 is 14.8 Å². The third-order valence-electron chi connectivity index (χ3n) is 5.98. The summed E-state index contributed by atoms with van der Waals surface area (Å²) in [6.45, 7) is 4.94. The normalized spacial score (nSPS) is 19.2. The molecule has 2 aromatic rings. The fraction of sp³-hybridized carbons (Fsp3) is 0.522. The number of aromatic nitrogens is 2. The number of nitrogens with zero attached hydrogens (tertiary/aromatic N) is 3. The molecule has 2 fully saturated rings. The van der Waals surface area contributed by atoms with Crippen LogP contribution < -0.4 is 5.32 Å². The smallest absolute Gasteiger partial charge is 0.251 e. The molecule has 1 aliphatic carbocycles. The summed E-state index contributed by atoms with van der Waals surface area (Å²) in [6, 6.07) is 7.46. The van der Waals surface area contributed by atoms with Gasteiger partial charge in [0.2, 0.25) is 5.91 Å². The van der Waals surface area contributed by atoms with Crippen LogP contribution in [0.4, 0.5) is 0 Å². The number of carbonyl (C=O) groups is 2. The number of rotatable bonds is 7. The van der Waals surface area contributed by atoms with Crippen molar-refractivity contribution in [2.75, 3.05) is 19.6 Å². The Kier molecular flexibility index (Phi) is 5.97. The van der Waals surface area contributed by atoms with Crippen molar-refractivity contribution in [3.8, 4) is 0 Å². The van der Waals surface area contributed by atoms with Crippen LogP contribution in [0.5, 0.6) is 0 Å². The predicted octanol–water partition coefficient (Wildman–Crippen LogP) is 3.13. The van der Waals surface area contributed by atoms with E-state index < -0.39 is 0 Å². The first-order valence-corrected chi connectivity index (χ1v) is 10.7. The third kappa shape index (κ3) is 5.05. The molecule has 6 heteroatoms. The van der Waals surface area contributed by atoms with E-state index >= 15 is 0 Å². The number of piperidine rings is 1. The molecule has 2 heterocycles. The van der Waals surface area contributed by atoms with Gasteiger partial charge in [-0.3, -0.25) is 9.59 Å². The van der Waals surface area contributed by atoms with Crippen LogP contribution in [0.3, 0.4) is 0 Å². The van der Waals surface area contributed by atoms with Gasteiger partial charge >= 0.3 is 0 Å². The van der Waals surface area contributed by atoms with Crippen LogP contribution in [0, 0.1) is 12.8 Å². The number of imidazole rings is 1. The van der Waals surface area contributed by atoms with E-state index in [9.17, 15) is 9.59 Å². The average Bonchev–Trinajstić information content (AvgIpc) is 3.43. The minimum atomic E-state index is -0.128. The summed E-state index contributed by atoms with van der Waals surface area (Å²) in [7, 11) is 0. The standard InChI is InChI=1S/C23H30N4O2/c1-17-4-8-19(9-5-17)23(29)25-11-10-21(28)26-13-2-3-20(16-26)22-24-12-14-27(22)15-18-6-7-18/h4-5,8-9,12,14,18,20H,2-3,6-7,10-11,13,15-16H2,1H3,(H,25,29)/t20-/m0/s1. The molecule has 6 nitrogen and oxygen atoms in total. The predicted molar refractivity (Wildman–Crippen MR) is 112 cm³/mol. The zero-order chi connectivity index (χ0) is 20.2. The monoisotopic (exact) mass is 394 g/mol. The molecule has 0 unspecified atom stereocenters. The van der Waals surface area contributed by atoms with E-state index in [0.29, 0.717) is 24.4 Å². The topological polar surface area (TPSA) is 67.2 Å². The lowest BCUT2D eigenvalue weighted by molar-refractivity contribution is -0.132. The van der Waals surface area contributed by atoms with Gasteiger partial charge in [0.15, 0.2) is 0 Å². The Hall–Kier alpha value is -2.63. The molecule has 1 aromatic carbocycles. The zero-order valence-electron chi connectivity index (χ0n) is 17.1. The molecule has 1 aromatic heterocycles. The summed E-state index contributed by atoms with van der Waals surface area (Å²) < 4.78 is 2.29. The van der Waals surface area contributed by atoms with Crippen molar-refractivity contribution in [2.45, 2.75) is 51.5 Å². The quantitative estimate of drug-likeness (QED) is 0.785. The number of hydrogen-bond donors (Lipinski definition) is 1. The van der Waals surface area contributed by atoms with Gasteiger partial charge in [0.05, 0.1) is 0 Å². The first-order valence-electron chi connectivity index (χ1n) is 10.7. The molecular formula is C23H30N4O2. The van der Waals surface area contributed by atoms with Gasteiger partial charge in [-0.05, 0) is 50.7 Å². The second-order valence-electron chi connectivity index (χ2n) is 8.43. The number of nitrogens with one attached hydrogen (secondary N) is 1. The zero-order valence-corrected chi connectivity index (χ0v) is 17.1. The van der Waals surface area contributed by atoms with Crippen molar-refractivity contribution >= 4 is 11.8 Å². The van der Waals surface area contributed by atoms with E-state index in [2.05, 4.69) is 21.1 Å². The average molecular weight is 395 g/mol. The maximum Gasteiger partial charge on any atom is 0.251 e. The maximum absolute atomic E-state index is 12.7. The highest BCUT2D eigenvalue weighted by Crippen LogP contribution is 2.33. The Balaban J connectivity index is 1.27. The molecule has 1 N–H and O–H groups in total. The van der Waals surface area contributed by atoms with Crippen molar-refractivity contribution in [3.63, 3.8) is 0 Å². The minimum Gasteiger partial charge on any atom is -0.352 e. The number of hydrogen-bond acceptors (Lipinski definition) is 3. The SMILES string of the molecule is Cc1ccc(C(=O)NCCC(=O)N2CCC[C@H](c3nccn3CC3CC3)C2)cc1. The van der Waals surface area contributed by atoms with Gasteiger partial charge in [-0.1, -0.05) is 17.7 Å². The second kappa shape index (κ2) is 8.80. The van der Waals surface area contributed by atoms with Crippen molar-refractivity contribution in [2.24, 2.45) is 5.92 Å². The molecule has 2 aliphatic rings. The molecular weight excluding hydrogens is 364 g/mol. The molecule has 1 aliphatic heterocycles. The number of likely N-dealkylation sites (tertiary alicyclic amines) is 1. The van der Waals surface area contributed by atoms with E-state index in [-0.39, 0.29) is 11.8 Å². The number of aryl methyl sites for hydroxylation is 1. The molecule has 4 rings (SSSR count). The van der Waals surface area contributed by atoms with Crippen LogP contribution >= 0.6 is 0 Å². The van der Waals surface area contributed by atoms with Gasteiger partial charge in [0.25, 0.3) is 5.91 Å². The minimum absolute atomic E-state index is 0.110. The Morgan fingerprint density at radius 3 is 2.72 bits per heavy atom. The second-order valence-corrected chi connectivity index (χ2v) is 8.43. The van der Waals surface area contributed by atoms with Crippen LogP contribution in [-0.2, 0) is 11.3 Å². The molecule has 0 radical (unpaired) electrons. The fourth-order valence-corrected chi connectivity index (χ4v) is 4.08. The highest BCUT2D eigenvalue weighted by Gasteiger charge is 2.29. The molecule has 0 spiro atoms. The highest BCUT2D eigenvalue weighted by molar-refractivity contribution is 5.94. The van der Waals surface area contributed by atoms with Crippen LogP contribution in [0.2, 0.25) is 0 Å². The maximum atomic E-state index is 12.7. The molecule has 2 amide bonds. The fourth-order valence-electron chi connectivity index (χ4n) is 4.08. The summed E-state index contributed by atoms with van der Waals surface area (Å²) in [5.41, 5.74) is 1.75. The first kappa shape index (κ1) is 19.7. The van der Waals surface area contributed by atoms with Crippen molar-refractivity contribution < 1.29 is 9.59 Å². The van der Waals surface area contributed by atoms with Gasteiger partial charge in [-0.2, -0.15) is 0 Å². The number of benzene rings is 1. The third-order valence-corrected chi connectivity index (χ3v) is 5.98. The number of amides is 2. The van der Waals surface area contributed by atoms with Crippen LogP contribution in [0.25, 0.3) is 0 Å². The molecule has 154 valence electrons. The van der Waals surface area contributed by atoms with Crippen molar-refractivity contribution in [3.05, 3.63) is 53.6 Å². The summed E-state index contributed by atoms with van der Waals surface area (Å²) in [5.74, 6) is 2.22. The Labute approximate surface area is 172 Å². The van der Waals surface area contributed by atoms with Crippen molar-refractivity contribution in [1.82, 2.24) is 19.8 Å². The lowest BCUT2D eigenvalue weighted by Crippen LogP contribution is -2.41. The van der Waals surface area contributed by atoms with Gasteiger partial charge in [-0.15, -0.1) is 0 Å². The molecule has 1 atom stereocenters. The Bertz CT molecular complexity index is 854. The highest BCUT2D eigenvalue weighted by atomic mass is 16.2. The lowest BCUT2D eigenvalue weighted by atomic mass is 9.96. The Morgan fingerprint density at radius 2 is 1.97 bits per heavy atom. The van der Waals surface area contributed by atoms with Crippen molar-refractivity contribution in [1.29, 1.82) is 0 Å². The van der Waals surface area contributed by atoms with Crippen LogP contribution in [0.15, 0.2) is 36.7 Å². The largest absolute Gasteiger partial charge is 0.352 e. The summed E-state index contributed by atoms with van der Waals surface area (Å²) in [4.78, 5) is 31.5.